The molecule has 1 N–H and O–H groups in total. The number of aryl methyl sites for hydroxylation is 1. The van der Waals surface area contributed by atoms with Crippen LogP contribution in [0.1, 0.15) is 25.3 Å². The lowest BCUT2D eigenvalue weighted by Gasteiger charge is -2.32. The fourth-order valence-corrected chi connectivity index (χ4v) is 3.48. The van der Waals surface area contributed by atoms with E-state index < -0.39 is 0 Å². The van der Waals surface area contributed by atoms with Crippen LogP contribution in [0.25, 0.3) is 10.8 Å². The first-order chi connectivity index (χ1) is 13.7. The SMILES string of the molecule is CCc1cnc(OC2CCCN(C(=O)Nc3cccc4ccccc34)C2)nc1. The minimum absolute atomic E-state index is 0.0977. The standard InChI is InChI=1S/C22H24N4O2/c1-2-16-13-23-21(24-14-16)28-18-9-6-12-26(15-18)22(27)25-20-11-5-8-17-7-3-4-10-19(17)20/h3-5,7-8,10-11,13-14,18H,2,6,9,12,15H2,1H3,(H,25,27). The molecule has 1 unspecified atom stereocenters. The van der Waals surface area contributed by atoms with Crippen LogP contribution in [-0.2, 0) is 6.42 Å². The number of carbonyl (C=O) groups excluding carboxylic acids is 1. The Hall–Kier alpha value is -3.15. The number of piperidine rings is 1. The van der Waals surface area contributed by atoms with Gasteiger partial charge in [-0.15, -0.1) is 0 Å². The van der Waals surface area contributed by atoms with Gasteiger partial charge in [-0.25, -0.2) is 14.8 Å². The first kappa shape index (κ1) is 18.2. The zero-order valence-corrected chi connectivity index (χ0v) is 16.0. The van der Waals surface area contributed by atoms with Crippen LogP contribution in [0.3, 0.4) is 0 Å². The average Bonchev–Trinajstić information content (AvgIpc) is 2.75. The van der Waals surface area contributed by atoms with Crippen molar-refractivity contribution in [2.24, 2.45) is 0 Å². The Balaban J connectivity index is 1.41. The van der Waals surface area contributed by atoms with E-state index in [4.69, 9.17) is 4.74 Å². The molecule has 6 nitrogen and oxygen atoms in total. The number of hydrogen-bond acceptors (Lipinski definition) is 4. The second kappa shape index (κ2) is 8.25. The summed E-state index contributed by atoms with van der Waals surface area (Å²) in [5.74, 6) is 0. The number of carbonyl (C=O) groups is 1. The van der Waals surface area contributed by atoms with Crippen molar-refractivity contribution < 1.29 is 9.53 Å². The van der Waals surface area contributed by atoms with Crippen molar-refractivity contribution >= 4 is 22.5 Å². The number of aromatic nitrogens is 2. The molecule has 2 heterocycles. The molecular weight excluding hydrogens is 352 g/mol. The molecule has 1 aliphatic rings. The molecule has 2 amide bonds. The van der Waals surface area contributed by atoms with Crippen molar-refractivity contribution in [3.63, 3.8) is 0 Å². The van der Waals surface area contributed by atoms with Crippen LogP contribution in [0.5, 0.6) is 6.01 Å². The Kier molecular flexibility index (Phi) is 5.37. The summed E-state index contributed by atoms with van der Waals surface area (Å²) >= 11 is 0. The molecule has 3 aromatic rings. The number of benzene rings is 2. The van der Waals surface area contributed by atoms with Crippen molar-refractivity contribution in [3.05, 3.63) is 60.4 Å². The maximum atomic E-state index is 12.8. The van der Waals surface area contributed by atoms with Gasteiger partial charge in [-0.2, -0.15) is 0 Å². The minimum atomic E-state index is -0.105. The molecule has 0 radical (unpaired) electrons. The summed E-state index contributed by atoms with van der Waals surface area (Å²) in [7, 11) is 0. The summed E-state index contributed by atoms with van der Waals surface area (Å²) in [6.07, 6.45) is 6.15. The van der Waals surface area contributed by atoms with E-state index in [0.29, 0.717) is 19.1 Å². The van der Waals surface area contributed by atoms with Crippen molar-refractivity contribution in [2.75, 3.05) is 18.4 Å². The first-order valence-corrected chi connectivity index (χ1v) is 9.74. The maximum Gasteiger partial charge on any atom is 0.321 e. The van der Waals surface area contributed by atoms with Gasteiger partial charge in [-0.3, -0.25) is 0 Å². The van der Waals surface area contributed by atoms with Gasteiger partial charge < -0.3 is 15.0 Å². The Bertz CT molecular complexity index is 953. The zero-order valence-electron chi connectivity index (χ0n) is 16.0. The molecule has 1 atom stereocenters. The smallest absolute Gasteiger partial charge is 0.321 e. The monoisotopic (exact) mass is 376 g/mol. The highest BCUT2D eigenvalue weighted by atomic mass is 16.5. The van der Waals surface area contributed by atoms with Gasteiger partial charge >= 0.3 is 12.0 Å². The quantitative estimate of drug-likeness (QED) is 0.738. The van der Waals surface area contributed by atoms with Crippen LogP contribution in [-0.4, -0.2) is 40.1 Å². The molecule has 0 saturated carbocycles. The number of hydrogen-bond donors (Lipinski definition) is 1. The highest BCUT2D eigenvalue weighted by Gasteiger charge is 2.25. The lowest BCUT2D eigenvalue weighted by molar-refractivity contribution is 0.0982. The summed E-state index contributed by atoms with van der Waals surface area (Å²) < 4.78 is 5.91. The zero-order chi connectivity index (χ0) is 19.3. The summed E-state index contributed by atoms with van der Waals surface area (Å²) in [5.41, 5.74) is 1.90. The van der Waals surface area contributed by atoms with Crippen LogP contribution < -0.4 is 10.1 Å². The van der Waals surface area contributed by atoms with Crippen molar-refractivity contribution in [2.45, 2.75) is 32.3 Å². The highest BCUT2D eigenvalue weighted by molar-refractivity contribution is 6.01. The lowest BCUT2D eigenvalue weighted by Crippen LogP contribution is -2.46. The Morgan fingerprint density at radius 1 is 1.18 bits per heavy atom. The van der Waals surface area contributed by atoms with E-state index in [1.807, 2.05) is 42.5 Å². The third kappa shape index (κ3) is 4.06. The van der Waals surface area contributed by atoms with E-state index in [1.165, 1.54) is 0 Å². The first-order valence-electron chi connectivity index (χ1n) is 9.74. The van der Waals surface area contributed by atoms with Gasteiger partial charge in [-0.1, -0.05) is 43.3 Å². The number of nitrogens with one attached hydrogen (secondary N) is 1. The van der Waals surface area contributed by atoms with E-state index >= 15 is 0 Å². The Morgan fingerprint density at radius 2 is 1.96 bits per heavy atom. The predicted octanol–water partition coefficient (Wildman–Crippen LogP) is 4.27. The molecule has 0 spiro atoms. The number of urea groups is 1. The average molecular weight is 376 g/mol. The van der Waals surface area contributed by atoms with Crippen LogP contribution >= 0.6 is 0 Å². The van der Waals surface area contributed by atoms with Gasteiger partial charge in [0.25, 0.3) is 0 Å². The van der Waals surface area contributed by atoms with E-state index in [-0.39, 0.29) is 12.1 Å². The fraction of sp³-hybridized carbons (Fsp3) is 0.318. The number of nitrogens with zero attached hydrogens (tertiary/aromatic N) is 3. The van der Waals surface area contributed by atoms with Crippen molar-refractivity contribution in [1.29, 1.82) is 0 Å². The summed E-state index contributed by atoms with van der Waals surface area (Å²) in [6.45, 7) is 3.30. The topological polar surface area (TPSA) is 67.3 Å². The molecule has 1 saturated heterocycles. The van der Waals surface area contributed by atoms with E-state index in [0.717, 1.165) is 41.3 Å². The van der Waals surface area contributed by atoms with E-state index in [1.54, 1.807) is 17.3 Å². The Labute approximate surface area is 164 Å². The summed E-state index contributed by atoms with van der Waals surface area (Å²) in [4.78, 5) is 23.1. The maximum absolute atomic E-state index is 12.8. The van der Waals surface area contributed by atoms with Gasteiger partial charge in [0, 0.05) is 24.3 Å². The molecule has 144 valence electrons. The van der Waals surface area contributed by atoms with Crippen molar-refractivity contribution in [1.82, 2.24) is 14.9 Å². The fourth-order valence-electron chi connectivity index (χ4n) is 3.48. The third-order valence-corrected chi connectivity index (χ3v) is 5.06. The lowest BCUT2D eigenvalue weighted by atomic mass is 10.1. The van der Waals surface area contributed by atoms with E-state index in [9.17, 15) is 4.79 Å². The van der Waals surface area contributed by atoms with Gasteiger partial charge in [0.05, 0.1) is 12.2 Å². The predicted molar refractivity (Wildman–Crippen MR) is 110 cm³/mol. The van der Waals surface area contributed by atoms with Crippen LogP contribution in [0, 0.1) is 0 Å². The molecule has 0 aliphatic carbocycles. The number of amides is 2. The number of anilines is 1. The molecule has 28 heavy (non-hydrogen) atoms. The molecular formula is C22H24N4O2. The van der Waals surface area contributed by atoms with Crippen LogP contribution in [0.4, 0.5) is 10.5 Å². The number of rotatable bonds is 4. The number of ether oxygens (including phenoxy) is 1. The second-order valence-electron chi connectivity index (χ2n) is 7.01. The van der Waals surface area contributed by atoms with Crippen molar-refractivity contribution in [3.8, 4) is 6.01 Å². The van der Waals surface area contributed by atoms with Crippen LogP contribution in [0.15, 0.2) is 54.9 Å². The minimum Gasteiger partial charge on any atom is -0.458 e. The van der Waals surface area contributed by atoms with Gasteiger partial charge in [0.15, 0.2) is 0 Å². The highest BCUT2D eigenvalue weighted by Crippen LogP contribution is 2.24. The van der Waals surface area contributed by atoms with E-state index in [2.05, 4.69) is 22.2 Å². The van der Waals surface area contributed by atoms with Gasteiger partial charge in [0.1, 0.15) is 6.10 Å². The normalized spacial score (nSPS) is 16.8. The molecule has 0 bridgehead atoms. The molecule has 4 rings (SSSR count). The molecule has 1 fully saturated rings. The Morgan fingerprint density at radius 3 is 2.79 bits per heavy atom. The van der Waals surface area contributed by atoms with Crippen LogP contribution in [0.2, 0.25) is 0 Å². The largest absolute Gasteiger partial charge is 0.458 e. The van der Waals surface area contributed by atoms with Gasteiger partial charge in [0.2, 0.25) is 0 Å². The molecule has 1 aliphatic heterocycles. The molecule has 2 aromatic carbocycles. The molecule has 6 heteroatoms. The van der Waals surface area contributed by atoms with Gasteiger partial charge in [-0.05, 0) is 36.3 Å². The third-order valence-electron chi connectivity index (χ3n) is 5.06. The molecule has 1 aromatic heterocycles. The summed E-state index contributed by atoms with van der Waals surface area (Å²) in [6, 6.07) is 14.2. The number of fused-ring (bicyclic) bond motifs is 1. The second-order valence-corrected chi connectivity index (χ2v) is 7.01. The summed E-state index contributed by atoms with van der Waals surface area (Å²) in [5, 5.41) is 5.19. The number of likely N-dealkylation sites (tertiary alicyclic amines) is 1.